The molecule has 120 valence electrons. The van der Waals surface area contributed by atoms with Crippen molar-refractivity contribution in [1.82, 2.24) is 10.6 Å². The number of aliphatic carboxylic acids is 1. The van der Waals surface area contributed by atoms with Crippen LogP contribution in [0.3, 0.4) is 0 Å². The normalized spacial score (nSPS) is 29.0. The molecule has 3 atom stereocenters. The highest BCUT2D eigenvalue weighted by Gasteiger charge is 2.30. The second kappa shape index (κ2) is 8.22. The predicted molar refractivity (Wildman–Crippen MR) is 78.0 cm³/mol. The zero-order valence-corrected chi connectivity index (χ0v) is 12.5. The second-order valence-electron chi connectivity index (χ2n) is 6.14. The Labute approximate surface area is 125 Å². The lowest BCUT2D eigenvalue weighted by Gasteiger charge is -2.28. The Balaban J connectivity index is 1.61. The molecule has 2 fully saturated rings. The van der Waals surface area contributed by atoms with E-state index in [1.54, 1.807) is 0 Å². The van der Waals surface area contributed by atoms with Crippen molar-refractivity contribution >= 4 is 12.0 Å². The van der Waals surface area contributed by atoms with Gasteiger partial charge in [-0.1, -0.05) is 12.8 Å². The number of amides is 2. The van der Waals surface area contributed by atoms with E-state index in [0.29, 0.717) is 19.0 Å². The van der Waals surface area contributed by atoms with Crippen LogP contribution in [0.5, 0.6) is 0 Å². The van der Waals surface area contributed by atoms with E-state index in [9.17, 15) is 14.7 Å². The number of carboxylic acid groups (broad SMARTS) is 1. The molecule has 0 aromatic heterocycles. The van der Waals surface area contributed by atoms with Crippen LogP contribution in [0.25, 0.3) is 0 Å². The van der Waals surface area contributed by atoms with Crippen molar-refractivity contribution in [2.45, 2.75) is 38.5 Å². The smallest absolute Gasteiger partial charge is 0.314 e. The second-order valence-corrected chi connectivity index (χ2v) is 6.14. The van der Waals surface area contributed by atoms with Crippen LogP contribution in [-0.2, 0) is 9.53 Å². The van der Waals surface area contributed by atoms with Crippen LogP contribution in [0.2, 0.25) is 0 Å². The maximum absolute atomic E-state index is 11.7. The fraction of sp³-hybridized carbons (Fsp3) is 0.867. The highest BCUT2D eigenvalue weighted by Crippen LogP contribution is 2.29. The molecule has 1 saturated carbocycles. The molecule has 1 heterocycles. The van der Waals surface area contributed by atoms with E-state index < -0.39 is 5.97 Å². The van der Waals surface area contributed by atoms with Crippen molar-refractivity contribution in [1.29, 1.82) is 0 Å². The summed E-state index contributed by atoms with van der Waals surface area (Å²) in [5.41, 5.74) is 0. The van der Waals surface area contributed by atoms with Gasteiger partial charge in [0.05, 0.1) is 5.92 Å². The van der Waals surface area contributed by atoms with Gasteiger partial charge in [-0.25, -0.2) is 4.79 Å². The van der Waals surface area contributed by atoms with Gasteiger partial charge >= 0.3 is 12.0 Å². The first kappa shape index (κ1) is 16.1. The highest BCUT2D eigenvalue weighted by atomic mass is 16.5. The molecule has 6 nitrogen and oxygen atoms in total. The number of carbonyl (C=O) groups is 2. The molecule has 2 aliphatic rings. The van der Waals surface area contributed by atoms with Gasteiger partial charge in [-0.15, -0.1) is 0 Å². The monoisotopic (exact) mass is 298 g/mol. The van der Waals surface area contributed by atoms with E-state index in [1.165, 1.54) is 0 Å². The average Bonchev–Trinajstić information content (AvgIpc) is 2.98. The quantitative estimate of drug-likeness (QED) is 0.695. The van der Waals surface area contributed by atoms with Crippen LogP contribution in [0.1, 0.15) is 38.5 Å². The SMILES string of the molecule is O=C(NCCC1CCOC1)NCC1CCCCC1C(=O)O. The fourth-order valence-corrected chi connectivity index (χ4v) is 3.26. The van der Waals surface area contributed by atoms with Crippen LogP contribution in [0, 0.1) is 17.8 Å². The number of hydrogen-bond acceptors (Lipinski definition) is 3. The molecule has 0 radical (unpaired) electrons. The lowest BCUT2D eigenvalue weighted by molar-refractivity contribution is -0.144. The van der Waals surface area contributed by atoms with Crippen molar-refractivity contribution in [2.75, 3.05) is 26.3 Å². The Hall–Kier alpha value is -1.30. The standard InChI is InChI=1S/C15H26N2O4/c18-14(19)13-4-2-1-3-12(13)9-17-15(20)16-7-5-11-6-8-21-10-11/h11-13H,1-10H2,(H,18,19)(H2,16,17,20). The van der Waals surface area contributed by atoms with Crippen molar-refractivity contribution in [3.8, 4) is 0 Å². The van der Waals surface area contributed by atoms with Crippen LogP contribution in [0.15, 0.2) is 0 Å². The summed E-state index contributed by atoms with van der Waals surface area (Å²) in [6.45, 7) is 2.73. The third kappa shape index (κ3) is 5.19. The number of rotatable bonds is 6. The Kier molecular flexibility index (Phi) is 6.29. The summed E-state index contributed by atoms with van der Waals surface area (Å²) < 4.78 is 5.29. The molecule has 1 aliphatic heterocycles. The minimum atomic E-state index is -0.733. The first-order valence-corrected chi connectivity index (χ1v) is 7.99. The van der Waals surface area contributed by atoms with Crippen LogP contribution in [-0.4, -0.2) is 43.4 Å². The number of nitrogens with one attached hydrogen (secondary N) is 2. The minimum Gasteiger partial charge on any atom is -0.481 e. The maximum atomic E-state index is 11.7. The summed E-state index contributed by atoms with van der Waals surface area (Å²) in [7, 11) is 0. The average molecular weight is 298 g/mol. The topological polar surface area (TPSA) is 87.7 Å². The summed E-state index contributed by atoms with van der Waals surface area (Å²) in [4.78, 5) is 22.9. The third-order valence-electron chi connectivity index (χ3n) is 4.61. The van der Waals surface area contributed by atoms with Gasteiger partial charge in [-0.3, -0.25) is 4.79 Å². The third-order valence-corrected chi connectivity index (χ3v) is 4.61. The van der Waals surface area contributed by atoms with Crippen molar-refractivity contribution in [3.63, 3.8) is 0 Å². The molecular weight excluding hydrogens is 272 g/mol. The molecular formula is C15H26N2O4. The Morgan fingerprint density at radius 3 is 2.67 bits per heavy atom. The van der Waals surface area contributed by atoms with Gasteiger partial charge in [0.15, 0.2) is 0 Å². The van der Waals surface area contributed by atoms with Gasteiger partial charge in [0, 0.05) is 26.3 Å². The number of carboxylic acids is 1. The molecule has 0 aromatic carbocycles. The number of urea groups is 1. The molecule has 6 heteroatoms. The summed E-state index contributed by atoms with van der Waals surface area (Å²) >= 11 is 0. The fourth-order valence-electron chi connectivity index (χ4n) is 3.26. The van der Waals surface area contributed by atoms with Gasteiger partial charge in [-0.05, 0) is 37.5 Å². The zero-order valence-electron chi connectivity index (χ0n) is 12.5. The molecule has 0 spiro atoms. The van der Waals surface area contributed by atoms with E-state index in [2.05, 4.69) is 10.6 Å². The van der Waals surface area contributed by atoms with Crippen LogP contribution >= 0.6 is 0 Å². The molecule has 2 amide bonds. The highest BCUT2D eigenvalue weighted by molar-refractivity contribution is 5.74. The van der Waals surface area contributed by atoms with E-state index in [4.69, 9.17) is 4.74 Å². The molecule has 1 aliphatic carbocycles. The lowest BCUT2D eigenvalue weighted by atomic mass is 9.79. The van der Waals surface area contributed by atoms with Crippen molar-refractivity contribution in [2.24, 2.45) is 17.8 Å². The number of ether oxygens (including phenoxy) is 1. The summed E-state index contributed by atoms with van der Waals surface area (Å²) in [6, 6.07) is -0.191. The van der Waals surface area contributed by atoms with Gasteiger partial charge in [0.25, 0.3) is 0 Å². The Morgan fingerprint density at radius 2 is 1.95 bits per heavy atom. The molecule has 3 N–H and O–H groups in total. The molecule has 21 heavy (non-hydrogen) atoms. The van der Waals surface area contributed by atoms with E-state index in [1.807, 2.05) is 0 Å². The molecule has 0 aromatic rings. The first-order chi connectivity index (χ1) is 10.2. The summed E-state index contributed by atoms with van der Waals surface area (Å²) in [5, 5.41) is 14.9. The maximum Gasteiger partial charge on any atom is 0.314 e. The first-order valence-electron chi connectivity index (χ1n) is 7.99. The summed E-state index contributed by atoms with van der Waals surface area (Å²) in [6.07, 6.45) is 5.66. The lowest BCUT2D eigenvalue weighted by Crippen LogP contribution is -2.42. The Bertz CT molecular complexity index is 356. The van der Waals surface area contributed by atoms with Crippen molar-refractivity contribution < 1.29 is 19.4 Å². The van der Waals surface area contributed by atoms with Crippen LogP contribution in [0.4, 0.5) is 4.79 Å². The van der Waals surface area contributed by atoms with Gasteiger partial charge < -0.3 is 20.5 Å². The molecule has 3 unspecified atom stereocenters. The molecule has 1 saturated heterocycles. The van der Waals surface area contributed by atoms with E-state index in [-0.39, 0.29) is 17.9 Å². The van der Waals surface area contributed by atoms with Crippen LogP contribution < -0.4 is 10.6 Å². The predicted octanol–water partition coefficient (Wildman–Crippen LogP) is 1.60. The molecule has 2 rings (SSSR count). The van der Waals surface area contributed by atoms with Crippen molar-refractivity contribution in [3.05, 3.63) is 0 Å². The van der Waals surface area contributed by atoms with E-state index in [0.717, 1.165) is 51.7 Å². The van der Waals surface area contributed by atoms with Gasteiger partial charge in [-0.2, -0.15) is 0 Å². The molecule has 0 bridgehead atoms. The summed E-state index contributed by atoms with van der Waals surface area (Å²) in [5.74, 6) is -0.428. The number of carbonyl (C=O) groups excluding carboxylic acids is 1. The largest absolute Gasteiger partial charge is 0.481 e. The zero-order chi connectivity index (χ0) is 15.1. The Morgan fingerprint density at radius 1 is 1.14 bits per heavy atom. The van der Waals surface area contributed by atoms with Gasteiger partial charge in [0.2, 0.25) is 0 Å². The van der Waals surface area contributed by atoms with E-state index >= 15 is 0 Å². The number of hydrogen-bond donors (Lipinski definition) is 3. The van der Waals surface area contributed by atoms with Gasteiger partial charge in [0.1, 0.15) is 0 Å². The minimum absolute atomic E-state index is 0.0604.